The van der Waals surface area contributed by atoms with Crippen molar-refractivity contribution in [3.8, 4) is 0 Å². The van der Waals surface area contributed by atoms with Gasteiger partial charge in [0.15, 0.2) is 5.76 Å². The van der Waals surface area contributed by atoms with Crippen LogP contribution in [0.1, 0.15) is 29.3 Å². The van der Waals surface area contributed by atoms with E-state index >= 15 is 0 Å². The van der Waals surface area contributed by atoms with Gasteiger partial charge < -0.3 is 9.84 Å². The van der Waals surface area contributed by atoms with Crippen LogP contribution in [0.5, 0.6) is 0 Å². The molecule has 4 rings (SSSR count). The van der Waals surface area contributed by atoms with Crippen molar-refractivity contribution in [1.29, 1.82) is 0 Å². The van der Waals surface area contributed by atoms with Gasteiger partial charge in [-0.25, -0.2) is 13.4 Å². The van der Waals surface area contributed by atoms with Gasteiger partial charge in [0.1, 0.15) is 10.6 Å². The number of amides is 1. The van der Waals surface area contributed by atoms with Gasteiger partial charge in [-0.2, -0.15) is 4.31 Å². The van der Waals surface area contributed by atoms with Gasteiger partial charge in [-0.1, -0.05) is 5.16 Å². The van der Waals surface area contributed by atoms with Crippen LogP contribution in [0.2, 0.25) is 0 Å². The summed E-state index contributed by atoms with van der Waals surface area (Å²) in [5.41, 5.74) is 2.01. The Morgan fingerprint density at radius 2 is 1.97 bits per heavy atom. The Labute approximate surface area is 173 Å². The monoisotopic (exact) mass is 434 g/mol. The van der Waals surface area contributed by atoms with E-state index in [2.05, 4.69) is 15.5 Å². The smallest absolute Gasteiger partial charge is 0.248 e. The predicted octanol–water partition coefficient (Wildman–Crippen LogP) is 3.25. The Morgan fingerprint density at radius 3 is 2.62 bits per heavy atom. The van der Waals surface area contributed by atoms with Crippen LogP contribution >= 0.6 is 11.3 Å². The molecule has 1 fully saturated rings. The van der Waals surface area contributed by atoms with E-state index in [-0.39, 0.29) is 35.6 Å². The number of anilines is 1. The predicted molar refractivity (Wildman–Crippen MR) is 110 cm³/mol. The summed E-state index contributed by atoms with van der Waals surface area (Å²) in [7, 11) is -3.67. The van der Waals surface area contributed by atoms with E-state index in [4.69, 9.17) is 4.52 Å². The highest BCUT2D eigenvalue weighted by atomic mass is 32.2. The highest BCUT2D eigenvalue weighted by Gasteiger charge is 2.35. The third kappa shape index (κ3) is 3.79. The minimum absolute atomic E-state index is 0.0834. The Bertz CT molecular complexity index is 1150. The van der Waals surface area contributed by atoms with E-state index in [9.17, 15) is 13.2 Å². The Balaban J connectivity index is 1.41. The van der Waals surface area contributed by atoms with Crippen LogP contribution in [0, 0.1) is 26.7 Å². The van der Waals surface area contributed by atoms with E-state index < -0.39 is 10.0 Å². The van der Waals surface area contributed by atoms with Crippen molar-refractivity contribution in [2.24, 2.45) is 5.92 Å². The fourth-order valence-electron chi connectivity index (χ4n) is 3.69. The average molecular weight is 435 g/mol. The molecule has 10 heteroatoms. The van der Waals surface area contributed by atoms with Crippen LogP contribution in [0.3, 0.4) is 0 Å². The van der Waals surface area contributed by atoms with Gasteiger partial charge >= 0.3 is 0 Å². The number of carbonyl (C=O) groups is 1. The van der Waals surface area contributed by atoms with Gasteiger partial charge in [0.05, 0.1) is 15.2 Å². The molecule has 1 amide bonds. The Morgan fingerprint density at radius 1 is 1.24 bits per heavy atom. The molecule has 3 aromatic rings. The normalized spacial score (nSPS) is 16.4. The third-order valence-corrected chi connectivity index (χ3v) is 8.23. The van der Waals surface area contributed by atoms with Crippen molar-refractivity contribution in [3.63, 3.8) is 0 Å². The van der Waals surface area contributed by atoms with Crippen LogP contribution in [-0.4, -0.2) is 41.9 Å². The first-order valence-corrected chi connectivity index (χ1v) is 11.6. The zero-order chi connectivity index (χ0) is 20.8. The van der Waals surface area contributed by atoms with E-state index in [1.807, 2.05) is 25.1 Å². The van der Waals surface area contributed by atoms with Gasteiger partial charge in [0.25, 0.3) is 0 Å². The second-order valence-electron chi connectivity index (χ2n) is 7.24. The van der Waals surface area contributed by atoms with Crippen molar-refractivity contribution in [2.45, 2.75) is 38.5 Å². The number of thiazole rings is 1. The highest BCUT2D eigenvalue weighted by molar-refractivity contribution is 7.89. The fourth-order valence-corrected chi connectivity index (χ4v) is 6.32. The number of hydrogen-bond acceptors (Lipinski definition) is 7. The largest absolute Gasteiger partial charge is 0.360 e. The lowest BCUT2D eigenvalue weighted by Crippen LogP contribution is -2.41. The maximum Gasteiger partial charge on any atom is 0.248 e. The first-order chi connectivity index (χ1) is 13.8. The molecular formula is C19H22N4O4S2. The summed E-state index contributed by atoms with van der Waals surface area (Å²) < 4.78 is 33.3. The number of benzene rings is 1. The second-order valence-corrected chi connectivity index (χ2v) is 10.3. The summed E-state index contributed by atoms with van der Waals surface area (Å²) >= 11 is 1.58. The fraction of sp³-hybridized carbons (Fsp3) is 0.421. The van der Waals surface area contributed by atoms with Crippen LogP contribution in [-0.2, 0) is 14.8 Å². The third-order valence-electron chi connectivity index (χ3n) is 5.15. The number of hydrogen-bond donors (Lipinski definition) is 1. The van der Waals surface area contributed by atoms with Crippen molar-refractivity contribution >= 4 is 43.2 Å². The molecule has 0 unspecified atom stereocenters. The molecule has 1 aliphatic rings. The quantitative estimate of drug-likeness (QED) is 0.676. The van der Waals surface area contributed by atoms with Crippen molar-refractivity contribution in [2.75, 3.05) is 18.4 Å². The molecule has 3 heterocycles. The van der Waals surface area contributed by atoms with Crippen LogP contribution in [0.15, 0.2) is 27.6 Å². The molecule has 1 aromatic carbocycles. The van der Waals surface area contributed by atoms with Crippen molar-refractivity contribution < 1.29 is 17.7 Å². The number of aromatic nitrogens is 2. The topological polar surface area (TPSA) is 105 Å². The highest BCUT2D eigenvalue weighted by Crippen LogP contribution is 2.29. The van der Waals surface area contributed by atoms with E-state index in [1.165, 1.54) is 4.31 Å². The summed E-state index contributed by atoms with van der Waals surface area (Å²) in [4.78, 5) is 17.2. The number of nitrogens with one attached hydrogen (secondary N) is 1. The van der Waals surface area contributed by atoms with Gasteiger partial charge in [0.2, 0.25) is 15.9 Å². The minimum atomic E-state index is -3.67. The van der Waals surface area contributed by atoms with Crippen molar-refractivity contribution in [1.82, 2.24) is 14.4 Å². The lowest BCUT2D eigenvalue weighted by atomic mass is 9.97. The molecule has 0 atom stereocenters. The molecule has 0 aliphatic carbocycles. The van der Waals surface area contributed by atoms with Gasteiger partial charge in [-0.3, -0.25) is 4.79 Å². The molecule has 0 radical (unpaired) electrons. The summed E-state index contributed by atoms with van der Waals surface area (Å²) in [5, 5.41) is 7.68. The number of sulfonamides is 1. The number of piperidine rings is 1. The van der Waals surface area contributed by atoms with Crippen molar-refractivity contribution in [3.05, 3.63) is 34.7 Å². The summed E-state index contributed by atoms with van der Waals surface area (Å²) in [6, 6.07) is 5.67. The van der Waals surface area contributed by atoms with E-state index in [0.29, 0.717) is 18.5 Å². The average Bonchev–Trinajstić information content (AvgIpc) is 3.22. The minimum Gasteiger partial charge on any atom is -0.360 e. The van der Waals surface area contributed by atoms with Crippen LogP contribution in [0.25, 0.3) is 10.2 Å². The van der Waals surface area contributed by atoms with E-state index in [0.717, 1.165) is 20.9 Å². The molecule has 29 heavy (non-hydrogen) atoms. The first-order valence-electron chi connectivity index (χ1n) is 9.37. The molecule has 154 valence electrons. The maximum absolute atomic E-state index is 12.9. The van der Waals surface area contributed by atoms with E-state index in [1.54, 1.807) is 25.2 Å². The zero-order valence-corrected chi connectivity index (χ0v) is 18.1. The van der Waals surface area contributed by atoms with Gasteiger partial charge in [-0.15, -0.1) is 11.3 Å². The molecule has 0 spiro atoms. The zero-order valence-electron chi connectivity index (χ0n) is 16.4. The Kier molecular flexibility index (Phi) is 5.18. The Hall–Kier alpha value is -2.30. The van der Waals surface area contributed by atoms with Crippen LogP contribution < -0.4 is 5.32 Å². The molecule has 2 aromatic heterocycles. The molecular weight excluding hydrogens is 412 g/mol. The standard InChI is InChI=1S/C19H22N4O4S2/c1-11-18(12(2)27-22-11)29(25,26)23-8-6-14(7-9-23)19(24)21-15-4-5-16-17(10-15)28-13(3)20-16/h4-5,10,14H,6-9H2,1-3H3,(H,21,24). The SMILES string of the molecule is Cc1nc2ccc(NC(=O)C3CCN(S(=O)(=O)c4c(C)noc4C)CC3)cc2s1. The van der Waals surface area contributed by atoms with Gasteiger partial charge in [0, 0.05) is 24.7 Å². The summed E-state index contributed by atoms with van der Waals surface area (Å²) in [5.74, 6) is -0.0268. The molecule has 0 bridgehead atoms. The van der Waals surface area contributed by atoms with Crippen LogP contribution in [0.4, 0.5) is 5.69 Å². The molecule has 1 aliphatic heterocycles. The maximum atomic E-state index is 12.9. The number of carbonyl (C=O) groups excluding carboxylic acids is 1. The second kappa shape index (κ2) is 7.51. The number of nitrogens with zero attached hydrogens (tertiary/aromatic N) is 3. The van der Waals surface area contributed by atoms with Gasteiger partial charge in [-0.05, 0) is 51.8 Å². The molecule has 8 nitrogen and oxygen atoms in total. The summed E-state index contributed by atoms with van der Waals surface area (Å²) in [6.07, 6.45) is 0.937. The lowest BCUT2D eigenvalue weighted by Gasteiger charge is -2.30. The number of aryl methyl sites for hydroxylation is 3. The molecule has 0 saturated carbocycles. The summed E-state index contributed by atoms with van der Waals surface area (Å²) in [6.45, 7) is 5.74. The lowest BCUT2D eigenvalue weighted by molar-refractivity contribution is -0.120. The number of fused-ring (bicyclic) bond motifs is 1. The molecule has 1 saturated heterocycles. The molecule has 1 N–H and O–H groups in total. The first kappa shape index (κ1) is 20.0. The number of rotatable bonds is 4.